The molecule has 1 unspecified atom stereocenters. The molecule has 0 bridgehead atoms. The lowest BCUT2D eigenvalue weighted by Crippen LogP contribution is -2.27. The molecule has 5 aromatic rings. The van der Waals surface area contributed by atoms with Gasteiger partial charge in [0.05, 0.1) is 17.1 Å². The van der Waals surface area contributed by atoms with Gasteiger partial charge in [-0.15, -0.1) is 0 Å². The average molecular weight is 636 g/mol. The lowest BCUT2D eigenvalue weighted by Gasteiger charge is -2.19. The summed E-state index contributed by atoms with van der Waals surface area (Å²) < 4.78 is 5.35. The van der Waals surface area contributed by atoms with Gasteiger partial charge in [-0.2, -0.15) is 0 Å². The van der Waals surface area contributed by atoms with Gasteiger partial charge in [0.25, 0.3) is 5.91 Å². The monoisotopic (exact) mass is 635 g/mol. The van der Waals surface area contributed by atoms with Crippen LogP contribution in [0.4, 0.5) is 22.0 Å². The first-order chi connectivity index (χ1) is 21.9. The number of aromatic nitrogens is 4. The summed E-state index contributed by atoms with van der Waals surface area (Å²) in [6.45, 7) is 11.6. The number of amides is 2. The number of carbonyl (C=O) groups is 2. The van der Waals surface area contributed by atoms with Crippen LogP contribution in [0.1, 0.15) is 75.1 Å². The van der Waals surface area contributed by atoms with Crippen LogP contribution in [0.3, 0.4) is 0 Å². The number of nitrogens with zero attached hydrogens (tertiary/aromatic N) is 4. The number of hydrogen-bond acceptors (Lipinski definition) is 9. The van der Waals surface area contributed by atoms with Crippen molar-refractivity contribution in [2.24, 2.45) is 0 Å². The Morgan fingerprint density at radius 1 is 0.891 bits per heavy atom. The summed E-state index contributed by atoms with van der Waals surface area (Å²) in [6.07, 6.45) is 4.38. The van der Waals surface area contributed by atoms with Crippen molar-refractivity contribution in [1.82, 2.24) is 25.3 Å². The van der Waals surface area contributed by atoms with Gasteiger partial charge in [-0.05, 0) is 106 Å². The first kappa shape index (κ1) is 32.4. The van der Waals surface area contributed by atoms with Gasteiger partial charge in [0.15, 0.2) is 5.65 Å². The predicted octanol–water partition coefficient (Wildman–Crippen LogP) is 8.28. The highest BCUT2D eigenvalue weighted by Crippen LogP contribution is 2.37. The van der Waals surface area contributed by atoms with Gasteiger partial charge in [-0.3, -0.25) is 15.1 Å². The molecule has 0 aliphatic carbocycles. The Balaban J connectivity index is 1.43. The molecule has 0 radical (unpaired) electrons. The molecule has 11 heteroatoms. The van der Waals surface area contributed by atoms with Crippen molar-refractivity contribution in [3.8, 4) is 0 Å². The Morgan fingerprint density at radius 2 is 1.63 bits per heavy atom. The number of ether oxygens (including phenoxy) is 1. The third-order valence-electron chi connectivity index (χ3n) is 6.89. The number of rotatable bonds is 9. The lowest BCUT2D eigenvalue weighted by molar-refractivity contribution is 0.0635. The Labute approximate surface area is 272 Å². The highest BCUT2D eigenvalue weighted by atomic mass is 32.2. The lowest BCUT2D eigenvalue weighted by atomic mass is 10.1. The minimum absolute atomic E-state index is 0.208. The summed E-state index contributed by atoms with van der Waals surface area (Å²) >= 11 is 1.51. The number of nitrogens with one attached hydrogen (secondary N) is 3. The Morgan fingerprint density at radius 3 is 2.33 bits per heavy atom. The maximum atomic E-state index is 13.4. The number of carbonyl (C=O) groups excluding carboxylic acids is 2. The molecule has 3 heterocycles. The molecule has 0 saturated heterocycles. The fourth-order valence-electron chi connectivity index (χ4n) is 4.53. The van der Waals surface area contributed by atoms with E-state index < -0.39 is 11.7 Å². The van der Waals surface area contributed by atoms with Crippen LogP contribution in [0.25, 0.3) is 11.0 Å². The molecule has 3 aromatic heterocycles. The smallest absolute Gasteiger partial charge is 0.412 e. The highest BCUT2D eigenvalue weighted by molar-refractivity contribution is 7.99. The van der Waals surface area contributed by atoms with E-state index in [0.717, 1.165) is 26.4 Å². The first-order valence-corrected chi connectivity index (χ1v) is 15.8. The Kier molecular flexibility index (Phi) is 9.81. The van der Waals surface area contributed by atoms with Crippen LogP contribution in [0, 0.1) is 0 Å². The normalized spacial score (nSPS) is 12.1. The van der Waals surface area contributed by atoms with E-state index in [1.165, 1.54) is 18.1 Å². The summed E-state index contributed by atoms with van der Waals surface area (Å²) in [7, 11) is 0. The second kappa shape index (κ2) is 13.9. The first-order valence-electron chi connectivity index (χ1n) is 15.0. The van der Waals surface area contributed by atoms with E-state index in [4.69, 9.17) is 9.72 Å². The van der Waals surface area contributed by atoms with Crippen LogP contribution in [0.2, 0.25) is 0 Å². The molecule has 3 N–H and O–H groups in total. The Hall–Kier alpha value is -5.03. The van der Waals surface area contributed by atoms with Crippen molar-refractivity contribution in [1.29, 1.82) is 0 Å². The Bertz CT molecular complexity index is 1840. The van der Waals surface area contributed by atoms with Crippen molar-refractivity contribution < 1.29 is 14.3 Å². The highest BCUT2D eigenvalue weighted by Gasteiger charge is 2.18. The maximum Gasteiger partial charge on any atom is 0.412 e. The van der Waals surface area contributed by atoms with Gasteiger partial charge in [-0.25, -0.2) is 19.7 Å². The number of anilines is 3. The topological polar surface area (TPSA) is 131 Å². The molecule has 0 spiro atoms. The molecule has 46 heavy (non-hydrogen) atoms. The third kappa shape index (κ3) is 8.36. The van der Waals surface area contributed by atoms with E-state index in [1.54, 1.807) is 18.5 Å². The number of hydrogen-bond donors (Lipinski definition) is 3. The van der Waals surface area contributed by atoms with Gasteiger partial charge in [-0.1, -0.05) is 25.6 Å². The largest absolute Gasteiger partial charge is 0.444 e. The van der Waals surface area contributed by atoms with Crippen molar-refractivity contribution in [3.05, 3.63) is 102 Å². The fraction of sp³-hybridized carbons (Fsp3) is 0.257. The maximum absolute atomic E-state index is 13.4. The van der Waals surface area contributed by atoms with E-state index >= 15 is 0 Å². The van der Waals surface area contributed by atoms with Gasteiger partial charge in [0.1, 0.15) is 17.7 Å². The van der Waals surface area contributed by atoms with Crippen LogP contribution in [0.5, 0.6) is 0 Å². The third-order valence-corrected chi connectivity index (χ3v) is 7.97. The molecule has 5 rings (SSSR count). The molecule has 236 valence electrons. The molecule has 2 amide bonds. The molecule has 1 atom stereocenters. The zero-order valence-electron chi connectivity index (χ0n) is 26.7. The van der Waals surface area contributed by atoms with Crippen LogP contribution < -0.4 is 16.0 Å². The van der Waals surface area contributed by atoms with Crippen LogP contribution in [0.15, 0.2) is 95.2 Å². The number of fused-ring (bicyclic) bond motifs is 1. The minimum Gasteiger partial charge on any atom is -0.444 e. The van der Waals surface area contributed by atoms with Crippen LogP contribution in [-0.4, -0.2) is 37.5 Å². The van der Waals surface area contributed by atoms with Crippen molar-refractivity contribution in [2.45, 2.75) is 68.9 Å². The van der Waals surface area contributed by atoms with Gasteiger partial charge in [0, 0.05) is 39.1 Å². The van der Waals surface area contributed by atoms with E-state index in [-0.39, 0.29) is 17.9 Å². The summed E-state index contributed by atoms with van der Waals surface area (Å²) in [5.41, 5.74) is 3.70. The second-order valence-electron chi connectivity index (χ2n) is 12.0. The van der Waals surface area contributed by atoms with Crippen LogP contribution >= 0.6 is 11.8 Å². The standard InChI is InChI=1S/C35H37N7O3S/c1-21(2)28-13-12-27-31(41-28)37-20-38-32(27)42-29-19-24(33(43)39-22(3)23-15-17-36-18-16-23)7-14-30(29)46-26-10-8-25(9-11-26)40-34(44)45-35(4,5)6/h7-22H,1-6H3,(H,39,43)(H,40,44)(H,37,38,41,42). The van der Waals surface area contributed by atoms with E-state index in [9.17, 15) is 9.59 Å². The van der Waals surface area contributed by atoms with E-state index in [2.05, 4.69) is 44.7 Å². The fourth-order valence-corrected chi connectivity index (χ4v) is 5.42. The number of benzene rings is 2. The molecule has 0 saturated carbocycles. The number of pyridine rings is 2. The van der Waals surface area contributed by atoms with E-state index in [0.29, 0.717) is 28.4 Å². The molecule has 10 nitrogen and oxygen atoms in total. The molecular formula is C35H37N7O3S. The minimum atomic E-state index is -0.592. The summed E-state index contributed by atoms with van der Waals surface area (Å²) in [5.74, 6) is 0.626. The molecule has 0 aliphatic rings. The summed E-state index contributed by atoms with van der Waals surface area (Å²) in [5, 5.41) is 10.0. The van der Waals surface area contributed by atoms with Gasteiger partial charge < -0.3 is 15.4 Å². The van der Waals surface area contributed by atoms with Crippen LogP contribution in [-0.2, 0) is 4.74 Å². The average Bonchev–Trinajstić information content (AvgIpc) is 3.02. The van der Waals surface area contributed by atoms with Crippen molar-refractivity contribution in [2.75, 3.05) is 10.6 Å². The summed E-state index contributed by atoms with van der Waals surface area (Å²) in [4.78, 5) is 45.1. The predicted molar refractivity (Wildman–Crippen MR) is 182 cm³/mol. The zero-order chi connectivity index (χ0) is 32.8. The molecule has 0 aliphatic heterocycles. The summed E-state index contributed by atoms with van der Waals surface area (Å²) in [6, 6.07) is 20.5. The second-order valence-corrected chi connectivity index (χ2v) is 13.2. The van der Waals surface area contributed by atoms with Crippen molar-refractivity contribution in [3.63, 3.8) is 0 Å². The SMILES string of the molecule is CC(C)c1ccc2c(Nc3cc(C(=O)NC(C)c4ccncc4)ccc3Sc3ccc(NC(=O)OC(C)(C)C)cc3)ncnc2n1. The quantitative estimate of drug-likeness (QED) is 0.146. The van der Waals surface area contributed by atoms with Gasteiger partial charge in [0.2, 0.25) is 0 Å². The van der Waals surface area contributed by atoms with E-state index in [1.807, 2.05) is 88.4 Å². The van der Waals surface area contributed by atoms with Crippen molar-refractivity contribution >= 4 is 52.0 Å². The zero-order valence-corrected chi connectivity index (χ0v) is 27.5. The molecule has 2 aromatic carbocycles. The molecule has 0 fully saturated rings. The molecular weight excluding hydrogens is 598 g/mol. The van der Waals surface area contributed by atoms with Gasteiger partial charge >= 0.3 is 6.09 Å².